The maximum atomic E-state index is 5.17. The minimum atomic E-state index is 0.964. The van der Waals surface area contributed by atoms with Crippen LogP contribution in [0.2, 0.25) is 0 Å². The molecule has 1 aliphatic heterocycles. The first kappa shape index (κ1) is 8.32. The number of epoxide rings is 1. The van der Waals surface area contributed by atoms with Gasteiger partial charge in [0.1, 0.15) is 5.58 Å². The molecule has 3 rings (SSSR count). The lowest BCUT2D eigenvalue weighted by molar-refractivity contribution is 0.475. The third-order valence-corrected chi connectivity index (χ3v) is 1.81. The molecule has 0 amide bonds. The highest BCUT2D eigenvalue weighted by atomic mass is 16.6. The van der Waals surface area contributed by atoms with Crippen molar-refractivity contribution in [3.63, 3.8) is 0 Å². The summed E-state index contributed by atoms with van der Waals surface area (Å²) in [6, 6.07) is 8.12. The fraction of sp³-hybridized carbons (Fsp3) is 0.273. The van der Waals surface area contributed by atoms with Gasteiger partial charge in [-0.1, -0.05) is 11.6 Å². The maximum Gasteiger partial charge on any atom is 0.133 e. The largest absolute Gasteiger partial charge is 0.464 e. The monoisotopic (exact) mass is 176 g/mol. The number of fused-ring (bicyclic) bond motifs is 1. The van der Waals surface area contributed by atoms with Crippen molar-refractivity contribution in [3.05, 3.63) is 36.1 Å². The van der Waals surface area contributed by atoms with Crippen molar-refractivity contribution >= 4 is 11.0 Å². The fourth-order valence-corrected chi connectivity index (χ4v) is 1.09. The Kier molecular flexibility index (Phi) is 2.32. The Hall–Kier alpha value is -1.28. The third-order valence-electron chi connectivity index (χ3n) is 1.81. The molecule has 1 saturated heterocycles. The molecule has 0 N–H and O–H groups in total. The molecule has 1 fully saturated rings. The lowest BCUT2D eigenvalue weighted by Gasteiger charge is -1.89. The highest BCUT2D eigenvalue weighted by Gasteiger charge is 1.94. The molecule has 0 unspecified atom stereocenters. The summed E-state index contributed by atoms with van der Waals surface area (Å²) in [5, 5.41) is 1.18. The van der Waals surface area contributed by atoms with Crippen LogP contribution in [0, 0.1) is 6.92 Å². The Morgan fingerprint density at radius 1 is 1.15 bits per heavy atom. The predicted octanol–water partition coefficient (Wildman–Crippen LogP) is 2.76. The molecule has 0 radical (unpaired) electrons. The molecular weight excluding hydrogens is 164 g/mol. The van der Waals surface area contributed by atoms with Crippen LogP contribution in [-0.2, 0) is 4.74 Å². The van der Waals surface area contributed by atoms with Gasteiger partial charge in [0.25, 0.3) is 0 Å². The standard InChI is InChI=1S/C9H8O.C2H4O/c1-7-2-3-9-8(6-7)4-5-10-9;1-2-3-1/h2-6H,1H3;1-2H2. The highest BCUT2D eigenvalue weighted by Crippen LogP contribution is 2.15. The minimum Gasteiger partial charge on any atom is -0.464 e. The summed E-state index contributed by atoms with van der Waals surface area (Å²) in [5.41, 5.74) is 2.24. The molecule has 0 bridgehead atoms. The van der Waals surface area contributed by atoms with Crippen LogP contribution in [0.15, 0.2) is 34.9 Å². The van der Waals surface area contributed by atoms with E-state index in [9.17, 15) is 0 Å². The van der Waals surface area contributed by atoms with Crippen LogP contribution in [0.5, 0.6) is 0 Å². The average molecular weight is 176 g/mol. The summed E-state index contributed by atoms with van der Waals surface area (Å²) < 4.78 is 9.67. The van der Waals surface area contributed by atoms with E-state index < -0.39 is 0 Å². The van der Waals surface area contributed by atoms with Gasteiger partial charge in [-0.25, -0.2) is 0 Å². The van der Waals surface area contributed by atoms with Crippen LogP contribution in [0.3, 0.4) is 0 Å². The second kappa shape index (κ2) is 3.62. The van der Waals surface area contributed by atoms with Gasteiger partial charge in [0.15, 0.2) is 0 Å². The van der Waals surface area contributed by atoms with Crippen molar-refractivity contribution in [1.82, 2.24) is 0 Å². The maximum absolute atomic E-state index is 5.17. The minimum absolute atomic E-state index is 0.964. The molecule has 13 heavy (non-hydrogen) atoms. The van der Waals surface area contributed by atoms with Crippen molar-refractivity contribution in [3.8, 4) is 0 Å². The van der Waals surface area contributed by atoms with Crippen molar-refractivity contribution < 1.29 is 9.15 Å². The molecule has 0 spiro atoms. The normalized spacial score (nSPS) is 13.6. The Labute approximate surface area is 77.1 Å². The molecule has 68 valence electrons. The average Bonchev–Trinajstić information content (AvgIpc) is 2.93. The second-order valence-corrected chi connectivity index (χ2v) is 3.07. The lowest BCUT2D eigenvalue weighted by Crippen LogP contribution is -1.67. The van der Waals surface area contributed by atoms with Crippen molar-refractivity contribution in [2.24, 2.45) is 0 Å². The number of hydrogen-bond acceptors (Lipinski definition) is 2. The van der Waals surface area contributed by atoms with Crippen LogP contribution in [0.25, 0.3) is 11.0 Å². The summed E-state index contributed by atoms with van der Waals surface area (Å²) in [7, 11) is 0. The fourth-order valence-electron chi connectivity index (χ4n) is 1.09. The molecule has 0 saturated carbocycles. The van der Waals surface area contributed by atoms with Gasteiger partial charge in [0.05, 0.1) is 19.5 Å². The van der Waals surface area contributed by atoms with Crippen molar-refractivity contribution in [1.29, 1.82) is 0 Å². The van der Waals surface area contributed by atoms with E-state index in [-0.39, 0.29) is 0 Å². The number of benzene rings is 1. The summed E-state index contributed by atoms with van der Waals surface area (Å²) in [5.74, 6) is 0. The zero-order valence-corrected chi connectivity index (χ0v) is 7.62. The number of hydrogen-bond donors (Lipinski definition) is 0. The summed E-state index contributed by atoms with van der Waals surface area (Å²) in [6.07, 6.45) is 1.71. The topological polar surface area (TPSA) is 25.7 Å². The summed E-state index contributed by atoms with van der Waals surface area (Å²) >= 11 is 0. The number of furan rings is 1. The van der Waals surface area contributed by atoms with Gasteiger partial charge in [-0.2, -0.15) is 0 Å². The number of aryl methyl sites for hydroxylation is 1. The van der Waals surface area contributed by atoms with Crippen LogP contribution in [0.4, 0.5) is 0 Å². The van der Waals surface area contributed by atoms with Gasteiger partial charge in [0, 0.05) is 5.39 Å². The van der Waals surface area contributed by atoms with E-state index in [2.05, 4.69) is 17.7 Å². The summed E-state index contributed by atoms with van der Waals surface area (Å²) in [4.78, 5) is 0. The van der Waals surface area contributed by atoms with E-state index in [1.165, 1.54) is 10.9 Å². The Morgan fingerprint density at radius 3 is 2.62 bits per heavy atom. The summed E-state index contributed by atoms with van der Waals surface area (Å²) in [6.45, 7) is 4.08. The molecule has 0 aliphatic carbocycles. The van der Waals surface area contributed by atoms with Crippen molar-refractivity contribution in [2.75, 3.05) is 13.2 Å². The van der Waals surface area contributed by atoms with E-state index in [1.54, 1.807) is 6.26 Å². The van der Waals surface area contributed by atoms with Gasteiger partial charge < -0.3 is 9.15 Å². The molecule has 1 aromatic carbocycles. The van der Waals surface area contributed by atoms with E-state index >= 15 is 0 Å². The van der Waals surface area contributed by atoms with Crippen LogP contribution < -0.4 is 0 Å². The first-order valence-electron chi connectivity index (χ1n) is 4.38. The van der Waals surface area contributed by atoms with Crippen LogP contribution >= 0.6 is 0 Å². The van der Waals surface area contributed by atoms with Gasteiger partial charge in [-0.3, -0.25) is 0 Å². The highest BCUT2D eigenvalue weighted by molar-refractivity contribution is 5.77. The molecule has 1 aromatic heterocycles. The number of rotatable bonds is 0. The van der Waals surface area contributed by atoms with Crippen LogP contribution in [-0.4, -0.2) is 13.2 Å². The van der Waals surface area contributed by atoms with Crippen LogP contribution in [0.1, 0.15) is 5.56 Å². The zero-order valence-electron chi connectivity index (χ0n) is 7.62. The first-order valence-corrected chi connectivity index (χ1v) is 4.38. The molecule has 0 atom stereocenters. The molecule has 2 aromatic rings. The molecule has 2 nitrogen and oxygen atoms in total. The Balaban J connectivity index is 0.000000185. The molecule has 1 aliphatic rings. The second-order valence-electron chi connectivity index (χ2n) is 3.07. The SMILES string of the molecule is C1CO1.Cc1ccc2occc2c1. The molecule has 2 heterocycles. The third kappa shape index (κ3) is 2.33. The number of ether oxygens (including phenoxy) is 1. The van der Waals surface area contributed by atoms with Gasteiger partial charge >= 0.3 is 0 Å². The zero-order chi connectivity index (χ0) is 9.10. The molecular formula is C11H12O2. The van der Waals surface area contributed by atoms with Crippen molar-refractivity contribution in [2.45, 2.75) is 6.92 Å². The van der Waals surface area contributed by atoms with E-state index in [1.807, 2.05) is 18.2 Å². The lowest BCUT2D eigenvalue weighted by atomic mass is 10.2. The van der Waals surface area contributed by atoms with Gasteiger partial charge in [-0.05, 0) is 25.1 Å². The van der Waals surface area contributed by atoms with Gasteiger partial charge in [-0.15, -0.1) is 0 Å². The smallest absolute Gasteiger partial charge is 0.133 e. The first-order chi connectivity index (χ1) is 6.36. The quantitative estimate of drug-likeness (QED) is 0.577. The molecule has 2 heteroatoms. The predicted molar refractivity (Wildman–Crippen MR) is 51.8 cm³/mol. The Morgan fingerprint density at radius 2 is 1.92 bits per heavy atom. The van der Waals surface area contributed by atoms with Gasteiger partial charge in [0.2, 0.25) is 0 Å². The van der Waals surface area contributed by atoms with E-state index in [0.29, 0.717) is 0 Å². The Bertz CT molecular complexity index is 385. The van der Waals surface area contributed by atoms with E-state index in [0.717, 1.165) is 18.8 Å². The van der Waals surface area contributed by atoms with E-state index in [4.69, 9.17) is 4.42 Å².